The summed E-state index contributed by atoms with van der Waals surface area (Å²) in [5.41, 5.74) is 2.27. The number of carbonyl (C=O) groups excluding carboxylic acids is 1. The van der Waals surface area contributed by atoms with Gasteiger partial charge in [-0.3, -0.25) is 4.79 Å². The van der Waals surface area contributed by atoms with Crippen LogP contribution in [0.1, 0.15) is 52.0 Å². The molecule has 0 N–H and O–H groups in total. The number of halogens is 1. The van der Waals surface area contributed by atoms with Gasteiger partial charge < -0.3 is 0 Å². The van der Waals surface area contributed by atoms with Crippen LogP contribution in [0.2, 0.25) is 0 Å². The van der Waals surface area contributed by atoms with Crippen molar-refractivity contribution in [1.82, 2.24) is 0 Å². The lowest BCUT2D eigenvalue weighted by molar-refractivity contribution is -0.121. The van der Waals surface area contributed by atoms with Gasteiger partial charge in [0, 0.05) is 17.7 Å². The number of alkyl halides is 1. The molecule has 0 bridgehead atoms. The minimum atomic E-state index is -3.30. The molecule has 1 aliphatic rings. The minimum absolute atomic E-state index is 0.0000500. The maximum Gasteiger partial charge on any atom is 0.175 e. The summed E-state index contributed by atoms with van der Waals surface area (Å²) in [6, 6.07) is 6.60. The summed E-state index contributed by atoms with van der Waals surface area (Å²) in [5.74, 6) is 0.0769. The highest BCUT2D eigenvalue weighted by molar-refractivity contribution is 7.90. The molecule has 0 heterocycles. The van der Waals surface area contributed by atoms with Crippen LogP contribution in [0.15, 0.2) is 46.9 Å². The van der Waals surface area contributed by atoms with Crippen LogP contribution >= 0.6 is 0 Å². The topological polar surface area (TPSA) is 51.2 Å². The average Bonchev–Trinajstić information content (AvgIpc) is 2.50. The Morgan fingerprint density at radius 1 is 1.19 bits per heavy atom. The summed E-state index contributed by atoms with van der Waals surface area (Å²) in [6.07, 6.45) is 4.16. The second-order valence-electron chi connectivity index (χ2n) is 8.45. The molecule has 27 heavy (non-hydrogen) atoms. The highest BCUT2D eigenvalue weighted by Crippen LogP contribution is 2.42. The largest absolute Gasteiger partial charge is 0.294 e. The molecule has 3 nitrogen and oxygen atoms in total. The lowest BCUT2D eigenvalue weighted by Crippen LogP contribution is -2.26. The van der Waals surface area contributed by atoms with Gasteiger partial charge in [-0.25, -0.2) is 12.8 Å². The Hall–Kier alpha value is -1.75. The van der Waals surface area contributed by atoms with Gasteiger partial charge in [0.25, 0.3) is 0 Å². The first kappa shape index (κ1) is 21.5. The summed E-state index contributed by atoms with van der Waals surface area (Å²) in [4.78, 5) is 13.4. The Morgan fingerprint density at radius 2 is 1.74 bits per heavy atom. The quantitative estimate of drug-likeness (QED) is 0.475. The second-order valence-corrected chi connectivity index (χ2v) is 10.5. The van der Waals surface area contributed by atoms with Crippen LogP contribution in [0, 0.1) is 11.3 Å². The van der Waals surface area contributed by atoms with E-state index in [0.29, 0.717) is 11.1 Å². The van der Waals surface area contributed by atoms with Crippen LogP contribution in [0.5, 0.6) is 0 Å². The number of benzene rings is 1. The summed E-state index contributed by atoms with van der Waals surface area (Å²) < 4.78 is 36.7. The van der Waals surface area contributed by atoms with Crippen LogP contribution in [-0.4, -0.2) is 27.1 Å². The molecule has 0 aromatic heterocycles. The Kier molecular flexibility index (Phi) is 6.46. The summed E-state index contributed by atoms with van der Waals surface area (Å²) in [5, 5.41) is 0. The number of hydrogen-bond acceptors (Lipinski definition) is 3. The molecule has 2 rings (SSSR count). The summed E-state index contributed by atoms with van der Waals surface area (Å²) in [6.45, 7) is 9.14. The Balaban J connectivity index is 2.63. The molecule has 148 valence electrons. The van der Waals surface area contributed by atoms with E-state index in [2.05, 4.69) is 6.58 Å². The molecule has 1 saturated carbocycles. The number of sulfone groups is 1. The van der Waals surface area contributed by atoms with Crippen molar-refractivity contribution in [2.45, 2.75) is 51.3 Å². The highest BCUT2D eigenvalue weighted by Gasteiger charge is 2.33. The zero-order chi connectivity index (χ0) is 20.4. The zero-order valence-corrected chi connectivity index (χ0v) is 17.5. The van der Waals surface area contributed by atoms with Crippen molar-refractivity contribution in [3.05, 3.63) is 47.6 Å². The first-order valence-corrected chi connectivity index (χ1v) is 11.1. The van der Waals surface area contributed by atoms with Crippen molar-refractivity contribution in [1.29, 1.82) is 0 Å². The van der Waals surface area contributed by atoms with Crippen LogP contribution in [0.4, 0.5) is 4.39 Å². The fourth-order valence-corrected chi connectivity index (χ4v) is 4.07. The second kappa shape index (κ2) is 8.09. The standard InChI is InChI=1S/C22H29FO3S/c1-15(14-23)13-19(21(24)17-7-6-8-17)20(22(2,3)4)16-9-11-18(12-10-16)27(5,25)26/h9-12,17H,1,6-8,13-14H2,2-5H3/b20-19-. The van der Waals surface area contributed by atoms with Crippen molar-refractivity contribution < 1.29 is 17.6 Å². The Labute approximate surface area is 162 Å². The monoisotopic (exact) mass is 392 g/mol. The van der Waals surface area contributed by atoms with E-state index < -0.39 is 16.5 Å². The number of allylic oxidation sites excluding steroid dienone is 3. The predicted molar refractivity (Wildman–Crippen MR) is 108 cm³/mol. The lowest BCUT2D eigenvalue weighted by Gasteiger charge is -2.31. The maximum atomic E-state index is 13.2. The fourth-order valence-electron chi connectivity index (χ4n) is 3.44. The van der Waals surface area contributed by atoms with E-state index in [0.717, 1.165) is 30.4 Å². The molecule has 0 radical (unpaired) electrons. The molecule has 0 atom stereocenters. The normalized spacial score (nSPS) is 16.5. The van der Waals surface area contributed by atoms with Gasteiger partial charge in [0.05, 0.1) is 4.90 Å². The van der Waals surface area contributed by atoms with Crippen molar-refractivity contribution in [3.8, 4) is 0 Å². The van der Waals surface area contributed by atoms with Crippen molar-refractivity contribution in [2.24, 2.45) is 11.3 Å². The molecule has 0 amide bonds. The van der Waals surface area contributed by atoms with E-state index in [1.165, 1.54) is 6.26 Å². The van der Waals surface area contributed by atoms with Gasteiger partial charge in [-0.1, -0.05) is 45.9 Å². The smallest absolute Gasteiger partial charge is 0.175 e. The zero-order valence-electron chi connectivity index (χ0n) is 16.6. The van der Waals surface area contributed by atoms with Crippen molar-refractivity contribution in [3.63, 3.8) is 0 Å². The van der Waals surface area contributed by atoms with Crippen LogP contribution in [0.3, 0.4) is 0 Å². The van der Waals surface area contributed by atoms with Gasteiger partial charge in [-0.05, 0) is 53.5 Å². The van der Waals surface area contributed by atoms with Crippen molar-refractivity contribution in [2.75, 3.05) is 12.9 Å². The number of rotatable bonds is 7. The summed E-state index contributed by atoms with van der Waals surface area (Å²) in [7, 11) is -3.30. The fraction of sp³-hybridized carbons (Fsp3) is 0.500. The van der Waals surface area contributed by atoms with E-state index >= 15 is 0 Å². The lowest BCUT2D eigenvalue weighted by atomic mass is 9.72. The van der Waals surface area contributed by atoms with Gasteiger partial charge >= 0.3 is 0 Å². The van der Waals surface area contributed by atoms with E-state index in [9.17, 15) is 17.6 Å². The van der Waals surface area contributed by atoms with E-state index in [1.807, 2.05) is 20.8 Å². The predicted octanol–water partition coefficient (Wildman–Crippen LogP) is 5.17. The molecule has 1 aliphatic carbocycles. The van der Waals surface area contributed by atoms with Gasteiger partial charge in [-0.2, -0.15) is 0 Å². The van der Waals surface area contributed by atoms with Gasteiger partial charge in [0.2, 0.25) is 0 Å². The number of carbonyl (C=O) groups is 1. The molecule has 0 unspecified atom stereocenters. The van der Waals surface area contributed by atoms with Crippen LogP contribution < -0.4 is 0 Å². The van der Waals surface area contributed by atoms with E-state index in [-0.39, 0.29) is 28.4 Å². The van der Waals surface area contributed by atoms with Gasteiger partial charge in [0.15, 0.2) is 15.6 Å². The van der Waals surface area contributed by atoms with E-state index in [4.69, 9.17) is 0 Å². The third-order valence-corrected chi connectivity index (χ3v) is 6.14. The number of ketones is 1. The van der Waals surface area contributed by atoms with Crippen LogP contribution in [0.25, 0.3) is 5.57 Å². The Morgan fingerprint density at radius 3 is 2.11 bits per heavy atom. The number of hydrogen-bond donors (Lipinski definition) is 0. The molecular formula is C22H29FO3S. The molecule has 1 aromatic rings. The van der Waals surface area contributed by atoms with Crippen molar-refractivity contribution >= 4 is 21.2 Å². The SMILES string of the molecule is C=C(CF)C/C(C(=O)C1CCC1)=C(\c1ccc(S(C)(=O)=O)cc1)C(C)(C)C. The third kappa shape index (κ3) is 5.16. The van der Waals surface area contributed by atoms with Gasteiger partial charge in [-0.15, -0.1) is 0 Å². The first-order valence-electron chi connectivity index (χ1n) is 9.26. The summed E-state index contributed by atoms with van der Waals surface area (Å²) >= 11 is 0. The molecule has 0 spiro atoms. The highest BCUT2D eigenvalue weighted by atomic mass is 32.2. The Bertz CT molecular complexity index is 852. The molecule has 1 fully saturated rings. The molecule has 0 saturated heterocycles. The molecule has 5 heteroatoms. The average molecular weight is 393 g/mol. The number of Topliss-reactive ketones (excluding diaryl/α,β-unsaturated/α-hetero) is 1. The first-order chi connectivity index (χ1) is 12.4. The molecular weight excluding hydrogens is 363 g/mol. The van der Waals surface area contributed by atoms with E-state index in [1.54, 1.807) is 24.3 Å². The molecule has 1 aromatic carbocycles. The van der Waals surface area contributed by atoms with Gasteiger partial charge in [0.1, 0.15) is 6.67 Å². The maximum absolute atomic E-state index is 13.2. The van der Waals surface area contributed by atoms with Crippen LogP contribution in [-0.2, 0) is 14.6 Å². The minimum Gasteiger partial charge on any atom is -0.294 e. The third-order valence-electron chi connectivity index (χ3n) is 5.01. The molecule has 0 aliphatic heterocycles.